The molecule has 1 unspecified atom stereocenters. The van der Waals surface area contributed by atoms with Gasteiger partial charge in [0.15, 0.2) is 0 Å². The van der Waals surface area contributed by atoms with Crippen molar-refractivity contribution in [3.63, 3.8) is 0 Å². The van der Waals surface area contributed by atoms with Crippen LogP contribution in [0.3, 0.4) is 0 Å². The number of aryl methyl sites for hydroxylation is 1. The molecule has 0 amide bonds. The molecule has 0 aliphatic heterocycles. The Labute approximate surface area is 127 Å². The largest absolute Gasteiger partial charge is 0.489 e. The molecule has 3 rings (SSSR count). The Morgan fingerprint density at radius 1 is 1.14 bits per heavy atom. The number of rotatable bonds is 5. The van der Waals surface area contributed by atoms with E-state index in [1.165, 1.54) is 28.7 Å². The SMILES string of the molecule is CCNC1CCc2c(OCc3ccccc3C)cccc21. The monoisotopic (exact) mass is 281 g/mol. The molecule has 2 aromatic rings. The highest BCUT2D eigenvalue weighted by atomic mass is 16.5. The molecule has 1 aliphatic carbocycles. The summed E-state index contributed by atoms with van der Waals surface area (Å²) in [5.41, 5.74) is 5.35. The van der Waals surface area contributed by atoms with Gasteiger partial charge in [-0.3, -0.25) is 0 Å². The van der Waals surface area contributed by atoms with Crippen LogP contribution in [0.5, 0.6) is 5.75 Å². The van der Waals surface area contributed by atoms with Crippen molar-refractivity contribution in [1.82, 2.24) is 5.32 Å². The van der Waals surface area contributed by atoms with Crippen molar-refractivity contribution in [3.05, 3.63) is 64.7 Å². The van der Waals surface area contributed by atoms with Crippen LogP contribution < -0.4 is 10.1 Å². The minimum absolute atomic E-state index is 0.493. The van der Waals surface area contributed by atoms with Gasteiger partial charge < -0.3 is 10.1 Å². The van der Waals surface area contributed by atoms with Gasteiger partial charge in [-0.15, -0.1) is 0 Å². The first-order valence-corrected chi connectivity index (χ1v) is 7.82. The van der Waals surface area contributed by atoms with E-state index in [1.54, 1.807) is 0 Å². The average molecular weight is 281 g/mol. The third-order valence-corrected chi connectivity index (χ3v) is 4.32. The molecule has 2 aromatic carbocycles. The van der Waals surface area contributed by atoms with Gasteiger partial charge >= 0.3 is 0 Å². The maximum Gasteiger partial charge on any atom is 0.123 e. The van der Waals surface area contributed by atoms with E-state index in [0.29, 0.717) is 12.6 Å². The molecule has 21 heavy (non-hydrogen) atoms. The van der Waals surface area contributed by atoms with E-state index in [2.05, 4.69) is 61.6 Å². The molecule has 0 fully saturated rings. The number of nitrogens with one attached hydrogen (secondary N) is 1. The van der Waals surface area contributed by atoms with Crippen LogP contribution in [0.25, 0.3) is 0 Å². The first-order chi connectivity index (χ1) is 10.3. The molecule has 1 N–H and O–H groups in total. The van der Waals surface area contributed by atoms with Crippen LogP contribution in [0, 0.1) is 6.92 Å². The Hall–Kier alpha value is -1.80. The fourth-order valence-electron chi connectivity index (χ4n) is 3.14. The van der Waals surface area contributed by atoms with E-state index < -0.39 is 0 Å². The lowest BCUT2D eigenvalue weighted by Crippen LogP contribution is -2.18. The van der Waals surface area contributed by atoms with Gasteiger partial charge in [0.05, 0.1) is 0 Å². The quantitative estimate of drug-likeness (QED) is 0.888. The minimum atomic E-state index is 0.493. The number of hydrogen-bond donors (Lipinski definition) is 1. The number of fused-ring (bicyclic) bond motifs is 1. The molecule has 0 bridgehead atoms. The van der Waals surface area contributed by atoms with Crippen molar-refractivity contribution in [2.75, 3.05) is 6.54 Å². The maximum absolute atomic E-state index is 6.11. The molecule has 0 radical (unpaired) electrons. The highest BCUT2D eigenvalue weighted by Crippen LogP contribution is 2.37. The fraction of sp³-hybridized carbons (Fsp3) is 0.368. The summed E-state index contributed by atoms with van der Waals surface area (Å²) in [7, 11) is 0. The molecule has 0 saturated heterocycles. The second-order valence-electron chi connectivity index (χ2n) is 5.69. The van der Waals surface area contributed by atoms with E-state index in [0.717, 1.165) is 18.7 Å². The Balaban J connectivity index is 1.77. The fourth-order valence-corrected chi connectivity index (χ4v) is 3.14. The van der Waals surface area contributed by atoms with E-state index in [4.69, 9.17) is 4.74 Å². The second-order valence-corrected chi connectivity index (χ2v) is 5.69. The molecule has 0 heterocycles. The van der Waals surface area contributed by atoms with Gasteiger partial charge in [0.2, 0.25) is 0 Å². The van der Waals surface area contributed by atoms with Gasteiger partial charge in [-0.2, -0.15) is 0 Å². The summed E-state index contributed by atoms with van der Waals surface area (Å²) in [5.74, 6) is 1.05. The van der Waals surface area contributed by atoms with E-state index in [-0.39, 0.29) is 0 Å². The number of ether oxygens (including phenoxy) is 1. The van der Waals surface area contributed by atoms with Crippen molar-refractivity contribution in [1.29, 1.82) is 0 Å². The van der Waals surface area contributed by atoms with Crippen LogP contribution in [-0.4, -0.2) is 6.54 Å². The van der Waals surface area contributed by atoms with Gasteiger partial charge in [0.1, 0.15) is 12.4 Å². The molecular formula is C19H23NO. The van der Waals surface area contributed by atoms with Crippen molar-refractivity contribution in [2.24, 2.45) is 0 Å². The molecule has 110 valence electrons. The van der Waals surface area contributed by atoms with Crippen molar-refractivity contribution in [3.8, 4) is 5.75 Å². The zero-order chi connectivity index (χ0) is 14.7. The molecular weight excluding hydrogens is 258 g/mol. The summed E-state index contributed by atoms with van der Waals surface area (Å²) < 4.78 is 6.11. The predicted octanol–water partition coefficient (Wildman–Crippen LogP) is 4.17. The van der Waals surface area contributed by atoms with Crippen molar-refractivity contribution < 1.29 is 4.74 Å². The van der Waals surface area contributed by atoms with E-state index in [9.17, 15) is 0 Å². The normalized spacial score (nSPS) is 16.8. The first-order valence-electron chi connectivity index (χ1n) is 7.82. The molecule has 0 aromatic heterocycles. The molecule has 2 nitrogen and oxygen atoms in total. The van der Waals surface area contributed by atoms with Crippen LogP contribution in [0.15, 0.2) is 42.5 Å². The van der Waals surface area contributed by atoms with Gasteiger partial charge in [0.25, 0.3) is 0 Å². The van der Waals surface area contributed by atoms with Crippen LogP contribution in [-0.2, 0) is 13.0 Å². The second kappa shape index (κ2) is 6.31. The summed E-state index contributed by atoms with van der Waals surface area (Å²) in [4.78, 5) is 0. The lowest BCUT2D eigenvalue weighted by Gasteiger charge is -2.14. The van der Waals surface area contributed by atoms with Gasteiger partial charge in [-0.25, -0.2) is 0 Å². The average Bonchev–Trinajstić information content (AvgIpc) is 2.91. The van der Waals surface area contributed by atoms with Gasteiger partial charge in [-0.05, 0) is 54.6 Å². The smallest absolute Gasteiger partial charge is 0.123 e. The van der Waals surface area contributed by atoms with Gasteiger partial charge in [-0.1, -0.05) is 43.3 Å². The molecule has 1 aliphatic rings. The minimum Gasteiger partial charge on any atom is -0.489 e. The Kier molecular flexibility index (Phi) is 4.26. The lowest BCUT2D eigenvalue weighted by atomic mass is 10.1. The summed E-state index contributed by atoms with van der Waals surface area (Å²) in [5, 5.41) is 3.56. The van der Waals surface area contributed by atoms with Crippen LogP contribution >= 0.6 is 0 Å². The summed E-state index contributed by atoms with van der Waals surface area (Å²) in [6.07, 6.45) is 2.28. The van der Waals surface area contributed by atoms with Crippen LogP contribution in [0.4, 0.5) is 0 Å². The van der Waals surface area contributed by atoms with Crippen molar-refractivity contribution in [2.45, 2.75) is 39.3 Å². The Morgan fingerprint density at radius 2 is 2.00 bits per heavy atom. The van der Waals surface area contributed by atoms with E-state index in [1.807, 2.05) is 0 Å². The maximum atomic E-state index is 6.11. The number of hydrogen-bond acceptors (Lipinski definition) is 2. The van der Waals surface area contributed by atoms with E-state index >= 15 is 0 Å². The molecule has 0 saturated carbocycles. The van der Waals surface area contributed by atoms with Crippen molar-refractivity contribution >= 4 is 0 Å². The molecule has 2 heteroatoms. The zero-order valence-electron chi connectivity index (χ0n) is 12.9. The summed E-state index contributed by atoms with van der Waals surface area (Å²) in [6.45, 7) is 5.96. The van der Waals surface area contributed by atoms with Crippen LogP contribution in [0.2, 0.25) is 0 Å². The summed E-state index contributed by atoms with van der Waals surface area (Å²) in [6, 6.07) is 15.4. The Morgan fingerprint density at radius 3 is 2.81 bits per heavy atom. The van der Waals surface area contributed by atoms with Crippen LogP contribution in [0.1, 0.15) is 41.6 Å². The Bertz CT molecular complexity index is 621. The molecule has 0 spiro atoms. The van der Waals surface area contributed by atoms with Gasteiger partial charge in [0, 0.05) is 6.04 Å². The zero-order valence-corrected chi connectivity index (χ0v) is 12.9. The summed E-state index contributed by atoms with van der Waals surface area (Å²) >= 11 is 0. The molecule has 1 atom stereocenters. The first kappa shape index (κ1) is 14.2. The lowest BCUT2D eigenvalue weighted by molar-refractivity contribution is 0.302. The highest BCUT2D eigenvalue weighted by molar-refractivity contribution is 5.45. The highest BCUT2D eigenvalue weighted by Gasteiger charge is 2.24. The number of benzene rings is 2. The third kappa shape index (κ3) is 2.96. The third-order valence-electron chi connectivity index (χ3n) is 4.32. The predicted molar refractivity (Wildman–Crippen MR) is 86.7 cm³/mol. The standard InChI is InChI=1S/C19H23NO/c1-3-20-18-12-11-17-16(18)9-6-10-19(17)21-13-15-8-5-4-7-14(15)2/h4-10,18,20H,3,11-13H2,1-2H3. The topological polar surface area (TPSA) is 21.3 Å².